The molecule has 1 aromatic heterocycles. The molecule has 2 aromatic rings. The van der Waals surface area contributed by atoms with Gasteiger partial charge in [-0.25, -0.2) is 0 Å². The number of hydrogen-bond acceptors (Lipinski definition) is 3. The van der Waals surface area contributed by atoms with Crippen molar-refractivity contribution in [3.63, 3.8) is 0 Å². The topological polar surface area (TPSA) is 16.1 Å². The molecule has 0 amide bonds. The number of aromatic nitrogens is 1. The number of rotatable bonds is 3. The number of nitrogens with zero attached hydrogens (tertiary/aromatic N) is 2. The zero-order valence-corrected chi connectivity index (χ0v) is 14.1. The number of benzene rings is 1. The van der Waals surface area contributed by atoms with E-state index < -0.39 is 0 Å². The highest BCUT2D eigenvalue weighted by Gasteiger charge is 2.22. The van der Waals surface area contributed by atoms with Crippen LogP contribution in [0.25, 0.3) is 10.8 Å². The Labute approximate surface area is 135 Å². The molecule has 0 bridgehead atoms. The van der Waals surface area contributed by atoms with Gasteiger partial charge < -0.3 is 4.90 Å². The smallest absolute Gasteiger partial charge is 0.0548 e. The van der Waals surface area contributed by atoms with Gasteiger partial charge in [-0.1, -0.05) is 11.6 Å². The summed E-state index contributed by atoms with van der Waals surface area (Å²) in [5.41, 5.74) is 0. The van der Waals surface area contributed by atoms with Crippen LogP contribution in [0.4, 0.5) is 0 Å². The molecule has 1 aliphatic heterocycles. The Morgan fingerprint density at radius 3 is 2.71 bits per heavy atom. The van der Waals surface area contributed by atoms with Gasteiger partial charge in [-0.15, -0.1) is 11.8 Å². The van der Waals surface area contributed by atoms with Crippen LogP contribution in [0.2, 0.25) is 5.02 Å². The molecule has 1 aromatic carbocycles. The van der Waals surface area contributed by atoms with Crippen LogP contribution in [-0.2, 0) is 0 Å². The van der Waals surface area contributed by atoms with Crippen molar-refractivity contribution in [2.45, 2.75) is 42.9 Å². The van der Waals surface area contributed by atoms with E-state index in [1.165, 1.54) is 36.2 Å². The average molecular weight is 321 g/mol. The Hall–Kier alpha value is -0.770. The third-order valence-electron chi connectivity index (χ3n) is 4.19. The Morgan fingerprint density at radius 2 is 2.00 bits per heavy atom. The lowest BCUT2D eigenvalue weighted by molar-refractivity contribution is 0.188. The fourth-order valence-corrected chi connectivity index (χ4v) is 4.35. The fraction of sp³-hybridized carbons (Fsp3) is 0.471. The SMILES string of the molecule is CC(C)N1CCC(Sc2cc3ccncc3cc2Cl)CC1. The first kappa shape index (κ1) is 15.1. The maximum Gasteiger partial charge on any atom is 0.0548 e. The van der Waals surface area contributed by atoms with Crippen LogP contribution in [-0.4, -0.2) is 34.3 Å². The highest BCUT2D eigenvalue weighted by atomic mass is 35.5. The van der Waals surface area contributed by atoms with Crippen molar-refractivity contribution in [2.24, 2.45) is 0 Å². The van der Waals surface area contributed by atoms with E-state index in [9.17, 15) is 0 Å². The molecular weight excluding hydrogens is 300 g/mol. The summed E-state index contributed by atoms with van der Waals surface area (Å²) in [5.74, 6) is 0. The minimum Gasteiger partial charge on any atom is -0.301 e. The van der Waals surface area contributed by atoms with Crippen molar-refractivity contribution in [2.75, 3.05) is 13.1 Å². The van der Waals surface area contributed by atoms with E-state index >= 15 is 0 Å². The minimum absolute atomic E-state index is 0.660. The van der Waals surface area contributed by atoms with Crippen LogP contribution in [0.3, 0.4) is 0 Å². The quantitative estimate of drug-likeness (QED) is 0.804. The number of fused-ring (bicyclic) bond motifs is 1. The van der Waals surface area contributed by atoms with Gasteiger partial charge in [0.25, 0.3) is 0 Å². The van der Waals surface area contributed by atoms with Crippen molar-refractivity contribution in [3.8, 4) is 0 Å². The maximum absolute atomic E-state index is 6.44. The predicted octanol–water partition coefficient (Wildman–Crippen LogP) is 4.85. The zero-order chi connectivity index (χ0) is 14.8. The molecular formula is C17H21ClN2S. The van der Waals surface area contributed by atoms with Crippen molar-refractivity contribution < 1.29 is 0 Å². The van der Waals surface area contributed by atoms with Gasteiger partial charge in [0.15, 0.2) is 0 Å². The Bertz CT molecular complexity index is 621. The lowest BCUT2D eigenvalue weighted by atomic mass is 10.1. The first-order valence-corrected chi connectivity index (χ1v) is 8.83. The van der Waals surface area contributed by atoms with Gasteiger partial charge in [-0.2, -0.15) is 0 Å². The number of halogens is 1. The van der Waals surface area contributed by atoms with E-state index in [2.05, 4.69) is 35.9 Å². The summed E-state index contributed by atoms with van der Waals surface area (Å²) < 4.78 is 0. The van der Waals surface area contributed by atoms with Crippen LogP contribution < -0.4 is 0 Å². The van der Waals surface area contributed by atoms with E-state index in [-0.39, 0.29) is 0 Å². The standard InChI is InChI=1S/C17H21ClN2S/c1-12(2)20-7-4-15(5-8-20)21-17-10-13-3-6-19-11-14(13)9-16(17)18/h3,6,9-12,15H,4-5,7-8H2,1-2H3. The summed E-state index contributed by atoms with van der Waals surface area (Å²) in [6.45, 7) is 6.96. The first-order chi connectivity index (χ1) is 10.1. The molecule has 0 spiro atoms. The lowest BCUT2D eigenvalue weighted by Gasteiger charge is -2.34. The van der Waals surface area contributed by atoms with Crippen LogP contribution in [0.5, 0.6) is 0 Å². The summed E-state index contributed by atoms with van der Waals surface area (Å²) in [4.78, 5) is 7.92. The molecule has 0 radical (unpaired) electrons. The van der Waals surface area contributed by atoms with Crippen LogP contribution in [0, 0.1) is 0 Å². The molecule has 0 unspecified atom stereocenters. The van der Waals surface area contributed by atoms with Crippen molar-refractivity contribution in [1.29, 1.82) is 0 Å². The molecule has 2 heterocycles. The molecule has 0 N–H and O–H groups in total. The summed E-state index contributed by atoms with van der Waals surface area (Å²) in [7, 11) is 0. The number of piperidine rings is 1. The highest BCUT2D eigenvalue weighted by Crippen LogP contribution is 2.37. The van der Waals surface area contributed by atoms with Crippen LogP contribution >= 0.6 is 23.4 Å². The van der Waals surface area contributed by atoms with Crippen molar-refractivity contribution >= 4 is 34.1 Å². The highest BCUT2D eigenvalue weighted by molar-refractivity contribution is 8.00. The Morgan fingerprint density at radius 1 is 1.24 bits per heavy atom. The summed E-state index contributed by atoms with van der Waals surface area (Å²) in [6.07, 6.45) is 6.20. The van der Waals surface area contributed by atoms with E-state index in [1.54, 1.807) is 0 Å². The van der Waals surface area contributed by atoms with Gasteiger partial charge >= 0.3 is 0 Å². The number of pyridine rings is 1. The van der Waals surface area contributed by atoms with Gasteiger partial charge in [0.2, 0.25) is 0 Å². The average Bonchev–Trinajstić information content (AvgIpc) is 2.48. The van der Waals surface area contributed by atoms with Gasteiger partial charge in [-0.05, 0) is 63.4 Å². The van der Waals surface area contributed by atoms with Gasteiger partial charge in [0.05, 0.1) is 5.02 Å². The molecule has 1 fully saturated rings. The second kappa shape index (κ2) is 6.55. The third-order valence-corrected chi connectivity index (χ3v) is 6.01. The summed E-state index contributed by atoms with van der Waals surface area (Å²) in [6, 6.07) is 6.96. The summed E-state index contributed by atoms with van der Waals surface area (Å²) >= 11 is 8.38. The molecule has 4 heteroatoms. The maximum atomic E-state index is 6.44. The monoisotopic (exact) mass is 320 g/mol. The van der Waals surface area contributed by atoms with Crippen LogP contribution in [0.15, 0.2) is 35.5 Å². The molecule has 2 nitrogen and oxygen atoms in total. The predicted molar refractivity (Wildman–Crippen MR) is 92.3 cm³/mol. The van der Waals surface area contributed by atoms with Crippen molar-refractivity contribution in [1.82, 2.24) is 9.88 Å². The fourth-order valence-electron chi connectivity index (χ4n) is 2.87. The molecule has 0 saturated carbocycles. The van der Waals surface area contributed by atoms with Gasteiger partial charge in [0.1, 0.15) is 0 Å². The molecule has 3 rings (SSSR count). The number of hydrogen-bond donors (Lipinski definition) is 0. The van der Waals surface area contributed by atoms with Crippen LogP contribution in [0.1, 0.15) is 26.7 Å². The van der Waals surface area contributed by atoms with E-state index in [1.807, 2.05) is 30.2 Å². The molecule has 21 heavy (non-hydrogen) atoms. The second-order valence-corrected chi connectivity index (χ2v) is 7.70. The largest absolute Gasteiger partial charge is 0.301 e. The first-order valence-electron chi connectivity index (χ1n) is 7.57. The molecule has 0 aliphatic carbocycles. The Kier molecular flexibility index (Phi) is 4.72. The normalized spacial score (nSPS) is 17.7. The molecule has 1 saturated heterocycles. The Balaban J connectivity index is 1.72. The molecule has 112 valence electrons. The van der Waals surface area contributed by atoms with E-state index in [0.717, 1.165) is 10.4 Å². The zero-order valence-electron chi connectivity index (χ0n) is 12.6. The molecule has 0 atom stereocenters. The second-order valence-electron chi connectivity index (χ2n) is 5.95. The third kappa shape index (κ3) is 3.53. The van der Waals surface area contributed by atoms with E-state index in [0.29, 0.717) is 11.3 Å². The number of likely N-dealkylation sites (tertiary alicyclic amines) is 1. The molecule has 1 aliphatic rings. The minimum atomic E-state index is 0.660. The van der Waals surface area contributed by atoms with Crippen molar-refractivity contribution in [3.05, 3.63) is 35.6 Å². The lowest BCUT2D eigenvalue weighted by Crippen LogP contribution is -2.39. The van der Waals surface area contributed by atoms with E-state index in [4.69, 9.17) is 11.6 Å². The number of thioether (sulfide) groups is 1. The summed E-state index contributed by atoms with van der Waals surface area (Å²) in [5, 5.41) is 3.86. The van der Waals surface area contributed by atoms with Gasteiger partial charge in [-0.3, -0.25) is 4.98 Å². The van der Waals surface area contributed by atoms with Gasteiger partial charge in [0, 0.05) is 34.0 Å².